The SMILES string of the molecule is Cc1c(C(=O)NC2CNCCC2C)cnn1-c1ccc(F)cc1.Cl. The maximum absolute atomic E-state index is 13.0. The van der Waals surface area contributed by atoms with Gasteiger partial charge in [0.1, 0.15) is 5.82 Å². The number of benzene rings is 1. The summed E-state index contributed by atoms with van der Waals surface area (Å²) in [5, 5.41) is 10.7. The van der Waals surface area contributed by atoms with Crippen LogP contribution < -0.4 is 10.6 Å². The lowest BCUT2D eigenvalue weighted by Gasteiger charge is -2.30. The van der Waals surface area contributed by atoms with Gasteiger partial charge >= 0.3 is 0 Å². The number of nitrogens with zero attached hydrogens (tertiary/aromatic N) is 2. The molecule has 1 aromatic heterocycles. The van der Waals surface area contributed by atoms with Crippen LogP contribution in [0.4, 0.5) is 4.39 Å². The second-order valence-corrected chi connectivity index (χ2v) is 6.08. The number of piperidine rings is 1. The molecule has 1 aromatic carbocycles. The summed E-state index contributed by atoms with van der Waals surface area (Å²) in [7, 11) is 0. The quantitative estimate of drug-likeness (QED) is 0.892. The Bertz CT molecular complexity index is 701. The minimum Gasteiger partial charge on any atom is -0.348 e. The fourth-order valence-electron chi connectivity index (χ4n) is 2.90. The van der Waals surface area contributed by atoms with Crippen LogP contribution in [0.5, 0.6) is 0 Å². The van der Waals surface area contributed by atoms with E-state index in [0.717, 1.165) is 30.9 Å². The molecular formula is C17H22ClFN4O. The molecule has 1 fully saturated rings. The van der Waals surface area contributed by atoms with E-state index in [1.165, 1.54) is 12.1 Å². The maximum atomic E-state index is 13.0. The number of amides is 1. The van der Waals surface area contributed by atoms with Gasteiger partial charge in [0.05, 0.1) is 23.1 Å². The molecule has 1 saturated heterocycles. The van der Waals surface area contributed by atoms with E-state index in [1.807, 2.05) is 6.92 Å². The highest BCUT2D eigenvalue weighted by molar-refractivity contribution is 5.95. The molecule has 0 saturated carbocycles. The Morgan fingerprint density at radius 1 is 1.38 bits per heavy atom. The Morgan fingerprint density at radius 3 is 2.75 bits per heavy atom. The first-order chi connectivity index (χ1) is 11.1. The highest BCUT2D eigenvalue weighted by atomic mass is 35.5. The average molecular weight is 353 g/mol. The van der Waals surface area contributed by atoms with E-state index in [4.69, 9.17) is 0 Å². The highest BCUT2D eigenvalue weighted by Crippen LogP contribution is 2.16. The number of carbonyl (C=O) groups is 1. The van der Waals surface area contributed by atoms with Gasteiger partial charge in [0.25, 0.3) is 5.91 Å². The maximum Gasteiger partial charge on any atom is 0.255 e. The third kappa shape index (κ3) is 3.76. The summed E-state index contributed by atoms with van der Waals surface area (Å²) in [6, 6.07) is 6.18. The number of hydrogen-bond acceptors (Lipinski definition) is 3. The third-order valence-electron chi connectivity index (χ3n) is 4.47. The van der Waals surface area contributed by atoms with Crippen LogP contribution in [0.3, 0.4) is 0 Å². The van der Waals surface area contributed by atoms with Gasteiger partial charge in [0.2, 0.25) is 0 Å². The first-order valence-corrected chi connectivity index (χ1v) is 7.88. The predicted octanol–water partition coefficient (Wildman–Crippen LogP) is 2.47. The van der Waals surface area contributed by atoms with Gasteiger partial charge < -0.3 is 10.6 Å². The van der Waals surface area contributed by atoms with Gasteiger partial charge in [0.15, 0.2) is 0 Å². The molecule has 0 aliphatic carbocycles. The Hall–Kier alpha value is -1.92. The van der Waals surface area contributed by atoms with Crippen LogP contribution in [0, 0.1) is 18.7 Å². The van der Waals surface area contributed by atoms with Crippen LogP contribution in [0.2, 0.25) is 0 Å². The van der Waals surface area contributed by atoms with Crippen LogP contribution in [-0.4, -0.2) is 34.8 Å². The molecule has 2 N–H and O–H groups in total. The topological polar surface area (TPSA) is 59.0 Å². The van der Waals surface area contributed by atoms with Crippen LogP contribution in [0.1, 0.15) is 29.4 Å². The van der Waals surface area contributed by atoms with Crippen molar-refractivity contribution in [1.29, 1.82) is 0 Å². The molecule has 7 heteroatoms. The summed E-state index contributed by atoms with van der Waals surface area (Å²) in [6.07, 6.45) is 2.62. The predicted molar refractivity (Wildman–Crippen MR) is 93.4 cm³/mol. The third-order valence-corrected chi connectivity index (χ3v) is 4.47. The monoisotopic (exact) mass is 352 g/mol. The van der Waals surface area contributed by atoms with Crippen molar-refractivity contribution >= 4 is 18.3 Å². The molecule has 24 heavy (non-hydrogen) atoms. The first-order valence-electron chi connectivity index (χ1n) is 7.88. The lowest BCUT2D eigenvalue weighted by Crippen LogP contribution is -2.50. The zero-order valence-corrected chi connectivity index (χ0v) is 14.6. The minimum atomic E-state index is -0.296. The summed E-state index contributed by atoms with van der Waals surface area (Å²) in [5.41, 5.74) is 2.02. The van der Waals surface area contributed by atoms with Gasteiger partial charge in [-0.1, -0.05) is 6.92 Å². The molecule has 3 rings (SSSR count). The average Bonchev–Trinajstić information content (AvgIpc) is 2.92. The van der Waals surface area contributed by atoms with Crippen LogP contribution in [0.15, 0.2) is 30.5 Å². The van der Waals surface area contributed by atoms with Crippen molar-refractivity contribution < 1.29 is 9.18 Å². The molecule has 2 atom stereocenters. The summed E-state index contributed by atoms with van der Waals surface area (Å²) in [4.78, 5) is 12.5. The van der Waals surface area contributed by atoms with E-state index < -0.39 is 0 Å². The molecule has 0 bridgehead atoms. The fourth-order valence-corrected chi connectivity index (χ4v) is 2.90. The van der Waals surface area contributed by atoms with Crippen LogP contribution >= 0.6 is 12.4 Å². The molecular weight excluding hydrogens is 331 g/mol. The van der Waals surface area contributed by atoms with E-state index in [-0.39, 0.29) is 30.2 Å². The number of carbonyl (C=O) groups excluding carboxylic acids is 1. The summed E-state index contributed by atoms with van der Waals surface area (Å²) in [6.45, 7) is 5.78. The van der Waals surface area contributed by atoms with Crippen molar-refractivity contribution in [2.75, 3.05) is 13.1 Å². The van der Waals surface area contributed by atoms with E-state index in [9.17, 15) is 9.18 Å². The molecule has 1 amide bonds. The lowest BCUT2D eigenvalue weighted by molar-refractivity contribution is 0.0914. The Morgan fingerprint density at radius 2 is 2.08 bits per heavy atom. The molecule has 1 aliphatic heterocycles. The molecule has 2 unspecified atom stereocenters. The molecule has 2 heterocycles. The minimum absolute atomic E-state index is 0. The number of hydrogen-bond donors (Lipinski definition) is 2. The summed E-state index contributed by atoms with van der Waals surface area (Å²) < 4.78 is 14.7. The smallest absolute Gasteiger partial charge is 0.255 e. The van der Waals surface area contributed by atoms with Crippen LogP contribution in [0.25, 0.3) is 5.69 Å². The Labute approximate surface area is 147 Å². The van der Waals surface area contributed by atoms with Crippen molar-refractivity contribution in [3.05, 3.63) is 47.5 Å². The fraction of sp³-hybridized carbons (Fsp3) is 0.412. The zero-order chi connectivity index (χ0) is 16.4. The van der Waals surface area contributed by atoms with Crippen molar-refractivity contribution in [1.82, 2.24) is 20.4 Å². The summed E-state index contributed by atoms with van der Waals surface area (Å²) >= 11 is 0. The Balaban J connectivity index is 0.00000208. The molecule has 5 nitrogen and oxygen atoms in total. The van der Waals surface area contributed by atoms with E-state index >= 15 is 0 Å². The van der Waals surface area contributed by atoms with Gasteiger partial charge in [-0.05, 0) is 50.1 Å². The summed E-state index contributed by atoms with van der Waals surface area (Å²) in [5.74, 6) is 0.0411. The van der Waals surface area contributed by atoms with Gasteiger partial charge in [-0.2, -0.15) is 5.10 Å². The lowest BCUT2D eigenvalue weighted by atomic mass is 9.94. The van der Waals surface area contributed by atoms with Gasteiger partial charge in [-0.15, -0.1) is 12.4 Å². The van der Waals surface area contributed by atoms with Gasteiger partial charge in [-0.25, -0.2) is 9.07 Å². The van der Waals surface area contributed by atoms with Crippen LogP contribution in [-0.2, 0) is 0 Å². The molecule has 2 aromatic rings. The molecule has 0 spiro atoms. The standard InChI is InChI=1S/C17H21FN4O.ClH/c1-11-7-8-19-10-16(11)21-17(23)15-9-20-22(12(15)2)14-5-3-13(18)4-6-14;/h3-6,9,11,16,19H,7-8,10H2,1-2H3,(H,21,23);1H. The molecule has 1 aliphatic rings. The van der Waals surface area contributed by atoms with Crippen molar-refractivity contribution in [3.8, 4) is 5.69 Å². The first kappa shape index (κ1) is 18.4. The van der Waals surface area contributed by atoms with Crippen molar-refractivity contribution in [2.45, 2.75) is 26.3 Å². The largest absolute Gasteiger partial charge is 0.348 e. The van der Waals surface area contributed by atoms with Gasteiger partial charge in [0, 0.05) is 12.6 Å². The number of rotatable bonds is 3. The number of halogens is 2. The second-order valence-electron chi connectivity index (χ2n) is 6.08. The van der Waals surface area contributed by atoms with E-state index in [2.05, 4.69) is 22.7 Å². The molecule has 130 valence electrons. The van der Waals surface area contributed by atoms with Gasteiger partial charge in [-0.3, -0.25) is 4.79 Å². The molecule has 0 radical (unpaired) electrons. The normalized spacial score (nSPS) is 20.3. The highest BCUT2D eigenvalue weighted by Gasteiger charge is 2.24. The zero-order valence-electron chi connectivity index (χ0n) is 13.8. The number of aromatic nitrogens is 2. The van der Waals surface area contributed by atoms with Crippen molar-refractivity contribution in [3.63, 3.8) is 0 Å². The second kappa shape index (κ2) is 7.77. The Kier molecular flexibility index (Phi) is 5.96. The van der Waals surface area contributed by atoms with E-state index in [0.29, 0.717) is 11.5 Å². The van der Waals surface area contributed by atoms with Crippen molar-refractivity contribution in [2.24, 2.45) is 5.92 Å². The number of nitrogens with one attached hydrogen (secondary N) is 2. The van der Waals surface area contributed by atoms with E-state index in [1.54, 1.807) is 23.0 Å².